The molecule has 0 amide bonds. The number of hydrogen-bond donors (Lipinski definition) is 2. The Morgan fingerprint density at radius 3 is 2.71 bits per heavy atom. The number of aromatic nitrogens is 5. The average molecular weight is 540 g/mol. The fourth-order valence-electron chi connectivity index (χ4n) is 4.13. The number of fused-ring (bicyclic) bond motifs is 1. The maximum absolute atomic E-state index is 10.9. The summed E-state index contributed by atoms with van der Waals surface area (Å²) in [5.41, 5.74) is 3.99. The fourth-order valence-corrected chi connectivity index (χ4v) is 6.02. The molecular formula is C22H25AsN8O2S. The molecule has 2 aromatic carbocycles. The summed E-state index contributed by atoms with van der Waals surface area (Å²) in [7, 11) is 0. The van der Waals surface area contributed by atoms with Gasteiger partial charge in [-0.05, 0) is 12.1 Å². The number of aromatic amines is 1. The molecule has 1 fully saturated rings. The van der Waals surface area contributed by atoms with Crippen LogP contribution in [-0.4, -0.2) is 77.8 Å². The van der Waals surface area contributed by atoms with E-state index < -0.39 is 14.5 Å². The van der Waals surface area contributed by atoms with Gasteiger partial charge in [0, 0.05) is 0 Å². The predicted molar refractivity (Wildman–Crippen MR) is 132 cm³/mol. The molecule has 1 aliphatic rings. The van der Waals surface area contributed by atoms with Crippen molar-refractivity contribution in [2.45, 2.75) is 18.2 Å². The second-order valence-electron chi connectivity index (χ2n) is 8.14. The van der Waals surface area contributed by atoms with Crippen molar-refractivity contribution in [3.8, 4) is 11.4 Å². The zero-order chi connectivity index (χ0) is 23.3. The van der Waals surface area contributed by atoms with Crippen LogP contribution in [0.3, 0.4) is 0 Å². The van der Waals surface area contributed by atoms with E-state index in [1.807, 2.05) is 18.2 Å². The van der Waals surface area contributed by atoms with Crippen LogP contribution in [0.2, 0.25) is 5.21 Å². The van der Waals surface area contributed by atoms with E-state index in [-0.39, 0.29) is 5.21 Å². The molecule has 2 aromatic heterocycles. The first-order valence-electron chi connectivity index (χ1n) is 11.2. The Morgan fingerprint density at radius 1 is 1.09 bits per heavy atom. The van der Waals surface area contributed by atoms with Gasteiger partial charge in [-0.25, -0.2) is 4.98 Å². The average Bonchev–Trinajstić information content (AvgIpc) is 3.52. The van der Waals surface area contributed by atoms with Crippen LogP contribution in [-0.2, 0) is 14.0 Å². The molecule has 2 N–H and O–H groups in total. The fraction of sp³-hybridized carbons (Fsp3) is 0.364. The molecule has 12 heteroatoms. The quantitative estimate of drug-likeness (QED) is 0.244. The van der Waals surface area contributed by atoms with Crippen molar-refractivity contribution in [1.29, 1.82) is 0 Å². The maximum atomic E-state index is 10.9. The van der Waals surface area contributed by atoms with E-state index >= 15 is 0 Å². The van der Waals surface area contributed by atoms with Gasteiger partial charge in [0.25, 0.3) is 0 Å². The summed E-state index contributed by atoms with van der Waals surface area (Å²) in [5, 5.41) is 19.4. The Balaban J connectivity index is 1.27. The number of rotatable bonds is 9. The van der Waals surface area contributed by atoms with Crippen molar-refractivity contribution in [2.75, 3.05) is 42.9 Å². The second kappa shape index (κ2) is 10.6. The number of benzene rings is 2. The first-order valence-corrected chi connectivity index (χ1v) is 14.9. The molecule has 176 valence electrons. The van der Waals surface area contributed by atoms with Gasteiger partial charge >= 0.3 is 150 Å². The summed E-state index contributed by atoms with van der Waals surface area (Å²) in [5.74, 6) is 0.560. The zero-order valence-electron chi connectivity index (χ0n) is 18.6. The molecule has 0 radical (unpaired) electrons. The Hall–Kier alpha value is -2.88. The number of tetrazole rings is 1. The van der Waals surface area contributed by atoms with E-state index in [2.05, 4.69) is 60.0 Å². The third kappa shape index (κ3) is 5.43. The minimum atomic E-state index is -3.06. The first-order chi connectivity index (χ1) is 16.7. The number of thiazole rings is 1. The van der Waals surface area contributed by atoms with Gasteiger partial charge in [-0.15, -0.1) is 11.3 Å². The van der Waals surface area contributed by atoms with Crippen molar-refractivity contribution in [3.05, 3.63) is 47.5 Å². The molecule has 0 unspecified atom stereocenters. The summed E-state index contributed by atoms with van der Waals surface area (Å²) < 4.78 is 23.0. The molecular weight excluding hydrogens is 515 g/mol. The van der Waals surface area contributed by atoms with E-state index in [9.17, 15) is 7.48 Å². The predicted octanol–water partition coefficient (Wildman–Crippen LogP) is 2.95. The van der Waals surface area contributed by atoms with Crippen molar-refractivity contribution >= 4 is 47.5 Å². The molecule has 0 spiro atoms. The monoisotopic (exact) mass is 540 g/mol. The zero-order valence-corrected chi connectivity index (χ0v) is 21.2. The Bertz CT molecular complexity index is 1270. The van der Waals surface area contributed by atoms with Gasteiger partial charge in [-0.3, -0.25) is 0 Å². The van der Waals surface area contributed by atoms with E-state index in [1.54, 1.807) is 11.3 Å². The van der Waals surface area contributed by atoms with E-state index in [0.717, 1.165) is 60.2 Å². The molecule has 1 aliphatic heterocycles. The number of para-hydroxylation sites is 1. The summed E-state index contributed by atoms with van der Waals surface area (Å²) in [4.78, 5) is 9.57. The molecule has 5 rings (SSSR count). The van der Waals surface area contributed by atoms with Crippen LogP contribution in [0.1, 0.15) is 11.4 Å². The van der Waals surface area contributed by atoms with Crippen LogP contribution in [0.4, 0.5) is 11.4 Å². The Labute approximate surface area is 205 Å². The van der Waals surface area contributed by atoms with E-state index in [1.165, 1.54) is 4.70 Å². The molecule has 3 heterocycles. The summed E-state index contributed by atoms with van der Waals surface area (Å²) in [6.45, 7) is 5.08. The normalized spacial score (nSPS) is 14.5. The summed E-state index contributed by atoms with van der Waals surface area (Å²) in [6.07, 6.45) is 0.610. The molecule has 0 bridgehead atoms. The number of hydrogen-bond acceptors (Lipinski definition) is 10. The van der Waals surface area contributed by atoms with Crippen LogP contribution in [0, 0.1) is 0 Å². The third-order valence-electron chi connectivity index (χ3n) is 5.84. The van der Waals surface area contributed by atoms with Crippen molar-refractivity contribution in [3.63, 3.8) is 0 Å². The van der Waals surface area contributed by atoms with Crippen molar-refractivity contribution in [2.24, 2.45) is 0 Å². The third-order valence-corrected chi connectivity index (χ3v) is 8.29. The number of anilines is 2. The van der Waals surface area contributed by atoms with Gasteiger partial charge in [0.2, 0.25) is 0 Å². The first kappa shape index (κ1) is 22.9. The Morgan fingerprint density at radius 2 is 1.94 bits per heavy atom. The topological polar surface area (TPSA) is 120 Å². The van der Waals surface area contributed by atoms with Crippen LogP contribution in [0.5, 0.6) is 0 Å². The number of H-pyrrole nitrogens is 1. The molecule has 34 heavy (non-hydrogen) atoms. The van der Waals surface area contributed by atoms with Crippen LogP contribution in [0.15, 0.2) is 42.5 Å². The second-order valence-corrected chi connectivity index (χ2v) is 11.6. The molecule has 0 saturated carbocycles. The number of nitrogens with one attached hydrogen (secondary N) is 2. The van der Waals surface area contributed by atoms with Crippen LogP contribution < -0.4 is 10.2 Å². The van der Waals surface area contributed by atoms with Gasteiger partial charge in [0.05, 0.1) is 10.2 Å². The standard InChI is InChI=1S/C22H25AsN8O2S/c32-23(33)8-3-9-24-16-6-7-17(22-26-28-29-27-22)19(14-16)31-12-10-30(11-13-31)15-21-25-18-4-1-2-5-20(18)34-21/h1-2,4-7,14,24H,3,8-13,15H2,(H,26,27,28,29). The van der Waals surface area contributed by atoms with Crippen molar-refractivity contribution in [1.82, 2.24) is 30.5 Å². The summed E-state index contributed by atoms with van der Waals surface area (Å²) >= 11 is -1.29. The molecule has 10 nitrogen and oxygen atoms in total. The minimum absolute atomic E-state index is 0.268. The molecule has 0 aliphatic carbocycles. The Kier molecular flexibility index (Phi) is 7.13. The van der Waals surface area contributed by atoms with Crippen molar-refractivity contribution < 1.29 is 7.48 Å². The van der Waals surface area contributed by atoms with Gasteiger partial charge in [0.15, 0.2) is 0 Å². The molecule has 1 saturated heterocycles. The number of nitrogens with zero attached hydrogens (tertiary/aromatic N) is 6. The van der Waals surface area contributed by atoms with Gasteiger partial charge in [-0.1, -0.05) is 12.1 Å². The SMILES string of the molecule is O=[As](=O)CCCNc1ccc(-c2nn[nH]n2)c(N2CCN(Cc3nc4ccccc4s3)CC2)c1. The van der Waals surface area contributed by atoms with E-state index in [4.69, 9.17) is 4.98 Å². The van der Waals surface area contributed by atoms with Crippen LogP contribution in [0.25, 0.3) is 21.6 Å². The molecule has 0 atom stereocenters. The van der Waals surface area contributed by atoms with Crippen LogP contribution >= 0.6 is 11.3 Å². The molecule has 4 aromatic rings. The number of piperazine rings is 1. The van der Waals surface area contributed by atoms with Gasteiger partial charge in [-0.2, -0.15) is 0 Å². The van der Waals surface area contributed by atoms with Gasteiger partial charge < -0.3 is 0 Å². The summed E-state index contributed by atoms with van der Waals surface area (Å²) in [6, 6.07) is 14.3. The van der Waals surface area contributed by atoms with Gasteiger partial charge in [0.1, 0.15) is 5.01 Å². The van der Waals surface area contributed by atoms with E-state index in [0.29, 0.717) is 18.8 Å².